The Morgan fingerprint density at radius 2 is 2.21 bits per heavy atom. The second kappa shape index (κ2) is 8.68. The predicted molar refractivity (Wildman–Crippen MR) is 127 cm³/mol. The first-order chi connectivity index (χ1) is 16.0. The third-order valence-corrected chi connectivity index (χ3v) is 6.42. The van der Waals surface area contributed by atoms with Crippen molar-refractivity contribution in [3.05, 3.63) is 47.9 Å². The summed E-state index contributed by atoms with van der Waals surface area (Å²) >= 11 is 5.77. The lowest BCUT2D eigenvalue weighted by atomic mass is 9.95. The lowest BCUT2D eigenvalue weighted by molar-refractivity contribution is -0.136. The van der Waals surface area contributed by atoms with E-state index in [0.29, 0.717) is 31.1 Å². The van der Waals surface area contributed by atoms with Crippen molar-refractivity contribution in [1.82, 2.24) is 24.5 Å². The van der Waals surface area contributed by atoms with Gasteiger partial charge in [0.2, 0.25) is 5.91 Å². The first-order valence-electron chi connectivity index (χ1n) is 11.0. The van der Waals surface area contributed by atoms with Crippen molar-refractivity contribution in [1.29, 1.82) is 0 Å². The van der Waals surface area contributed by atoms with Crippen molar-refractivity contribution >= 4 is 34.1 Å². The number of aromatic amines is 1. The molecule has 0 radical (unpaired) electrons. The Kier molecular flexibility index (Phi) is 5.72. The monoisotopic (exact) mass is 467 g/mol. The van der Waals surface area contributed by atoms with E-state index >= 15 is 0 Å². The van der Waals surface area contributed by atoms with Crippen LogP contribution in [0.15, 0.2) is 36.8 Å². The molecule has 0 saturated carbocycles. The van der Waals surface area contributed by atoms with Gasteiger partial charge in [-0.1, -0.05) is 19.9 Å². The summed E-state index contributed by atoms with van der Waals surface area (Å²) in [5, 5.41) is 5.44. The van der Waals surface area contributed by atoms with Gasteiger partial charge >= 0.3 is 0 Å². The standard InChI is InChI=1S/C24H26ClN5O3/c1-14(2)22-17-8-15(20-12-29(6-7-33-20)21(31)10-25)4-5-18(17)28-23(22)16-9-19(32-3)24-26-13-27-30(24)11-16/h4-5,8-9,11,13-14,20,28H,6-7,10,12H2,1-3H3. The number of carbonyl (C=O) groups is 1. The molecule has 1 unspecified atom stereocenters. The molecule has 33 heavy (non-hydrogen) atoms. The molecule has 4 heterocycles. The van der Waals surface area contributed by atoms with Crippen LogP contribution in [0.4, 0.5) is 0 Å². The Hall–Kier alpha value is -3.10. The quantitative estimate of drug-likeness (QED) is 0.446. The number of ether oxygens (including phenoxy) is 2. The zero-order valence-electron chi connectivity index (χ0n) is 18.8. The fraction of sp³-hybridized carbons (Fsp3) is 0.375. The number of benzene rings is 1. The molecule has 0 bridgehead atoms. The van der Waals surface area contributed by atoms with E-state index in [0.717, 1.165) is 27.7 Å². The summed E-state index contributed by atoms with van der Waals surface area (Å²) in [5.74, 6) is 0.862. The number of fused-ring (bicyclic) bond motifs is 2. The lowest BCUT2D eigenvalue weighted by Gasteiger charge is -2.33. The topological polar surface area (TPSA) is 84.8 Å². The van der Waals surface area contributed by atoms with E-state index in [1.807, 2.05) is 12.3 Å². The number of aromatic nitrogens is 4. The molecule has 1 atom stereocenters. The first-order valence-corrected chi connectivity index (χ1v) is 11.5. The summed E-state index contributed by atoms with van der Waals surface area (Å²) in [4.78, 5) is 21.7. The molecule has 1 aromatic carbocycles. The van der Waals surface area contributed by atoms with E-state index in [-0.39, 0.29) is 23.8 Å². The minimum Gasteiger partial charge on any atom is -0.493 e. The summed E-state index contributed by atoms with van der Waals surface area (Å²) in [6, 6.07) is 8.31. The van der Waals surface area contributed by atoms with Gasteiger partial charge in [-0.2, -0.15) is 5.10 Å². The van der Waals surface area contributed by atoms with Gasteiger partial charge in [-0.3, -0.25) is 4.79 Å². The van der Waals surface area contributed by atoms with Gasteiger partial charge in [0.15, 0.2) is 11.4 Å². The molecule has 3 aromatic heterocycles. The molecule has 1 amide bonds. The van der Waals surface area contributed by atoms with Crippen molar-refractivity contribution in [3.8, 4) is 17.0 Å². The Morgan fingerprint density at radius 3 is 2.97 bits per heavy atom. The number of morpholine rings is 1. The van der Waals surface area contributed by atoms with Gasteiger partial charge in [-0.25, -0.2) is 9.50 Å². The third kappa shape index (κ3) is 3.83. The molecule has 9 heteroatoms. The molecule has 1 aliphatic rings. The number of rotatable bonds is 5. The SMILES string of the molecule is COc1cc(-c2[nH]c3ccc(C4CN(C(=O)CCl)CCO4)cc3c2C(C)C)cn2ncnc12. The fourth-order valence-corrected chi connectivity index (χ4v) is 4.77. The normalized spacial score (nSPS) is 16.8. The zero-order valence-corrected chi connectivity index (χ0v) is 19.6. The van der Waals surface area contributed by atoms with Gasteiger partial charge in [0, 0.05) is 29.2 Å². The lowest BCUT2D eigenvalue weighted by Crippen LogP contribution is -2.42. The molecular weight excluding hydrogens is 442 g/mol. The van der Waals surface area contributed by atoms with E-state index in [1.165, 1.54) is 11.9 Å². The molecule has 172 valence electrons. The van der Waals surface area contributed by atoms with Gasteiger partial charge in [-0.05, 0) is 35.2 Å². The van der Waals surface area contributed by atoms with Gasteiger partial charge in [-0.15, -0.1) is 11.6 Å². The number of nitrogens with zero attached hydrogens (tertiary/aromatic N) is 4. The maximum absolute atomic E-state index is 12.1. The number of hydrogen-bond acceptors (Lipinski definition) is 5. The summed E-state index contributed by atoms with van der Waals surface area (Å²) in [6.45, 7) is 5.94. The molecule has 8 nitrogen and oxygen atoms in total. The van der Waals surface area contributed by atoms with Crippen molar-refractivity contribution in [2.45, 2.75) is 25.9 Å². The summed E-state index contributed by atoms with van der Waals surface area (Å²) in [7, 11) is 1.64. The highest BCUT2D eigenvalue weighted by Gasteiger charge is 2.26. The molecular formula is C24H26ClN5O3. The second-order valence-corrected chi connectivity index (χ2v) is 8.80. The molecule has 4 aromatic rings. The van der Waals surface area contributed by atoms with Crippen LogP contribution in [0.2, 0.25) is 0 Å². The Labute approximate surface area is 196 Å². The van der Waals surface area contributed by atoms with Crippen LogP contribution in [0, 0.1) is 0 Å². The molecule has 1 N–H and O–H groups in total. The largest absolute Gasteiger partial charge is 0.493 e. The number of pyridine rings is 1. The number of nitrogens with one attached hydrogen (secondary N) is 1. The maximum atomic E-state index is 12.1. The van der Waals surface area contributed by atoms with E-state index in [2.05, 4.69) is 47.1 Å². The molecule has 1 aliphatic heterocycles. The Balaban J connectivity index is 1.60. The van der Waals surface area contributed by atoms with Gasteiger partial charge in [0.05, 0.1) is 26.0 Å². The maximum Gasteiger partial charge on any atom is 0.237 e. The van der Waals surface area contributed by atoms with Crippen LogP contribution >= 0.6 is 11.6 Å². The fourth-order valence-electron chi connectivity index (χ4n) is 4.60. The zero-order chi connectivity index (χ0) is 23.1. The number of amides is 1. The van der Waals surface area contributed by atoms with Crippen LogP contribution in [0.3, 0.4) is 0 Å². The van der Waals surface area contributed by atoms with Crippen molar-refractivity contribution in [2.24, 2.45) is 0 Å². The molecule has 0 aliphatic carbocycles. The highest BCUT2D eigenvalue weighted by atomic mass is 35.5. The molecule has 0 spiro atoms. The third-order valence-electron chi connectivity index (χ3n) is 6.20. The predicted octanol–water partition coefficient (Wildman–Crippen LogP) is 4.15. The average molecular weight is 468 g/mol. The van der Waals surface area contributed by atoms with E-state index in [4.69, 9.17) is 21.1 Å². The smallest absolute Gasteiger partial charge is 0.237 e. The number of halogens is 1. The number of H-pyrrole nitrogens is 1. The van der Waals surface area contributed by atoms with Gasteiger partial charge in [0.25, 0.3) is 0 Å². The number of carbonyl (C=O) groups excluding carboxylic acids is 1. The number of methoxy groups -OCH3 is 1. The van der Waals surface area contributed by atoms with Gasteiger partial charge < -0.3 is 19.4 Å². The van der Waals surface area contributed by atoms with Crippen LogP contribution in [-0.2, 0) is 9.53 Å². The molecule has 1 fully saturated rings. The van der Waals surface area contributed by atoms with Crippen LogP contribution in [-0.4, -0.2) is 63.1 Å². The highest BCUT2D eigenvalue weighted by Crippen LogP contribution is 2.38. The Morgan fingerprint density at radius 1 is 1.36 bits per heavy atom. The van der Waals surface area contributed by atoms with Crippen molar-refractivity contribution in [2.75, 3.05) is 32.7 Å². The summed E-state index contributed by atoms with van der Waals surface area (Å²) in [5.41, 5.74) is 5.97. The first kappa shape index (κ1) is 21.7. The molecule has 5 rings (SSSR count). The minimum absolute atomic E-state index is 0.00992. The summed E-state index contributed by atoms with van der Waals surface area (Å²) in [6.07, 6.45) is 3.30. The van der Waals surface area contributed by atoms with E-state index in [1.54, 1.807) is 16.5 Å². The molecule has 1 saturated heterocycles. The van der Waals surface area contributed by atoms with E-state index < -0.39 is 0 Å². The minimum atomic E-state index is -0.180. The number of alkyl halides is 1. The van der Waals surface area contributed by atoms with Crippen molar-refractivity contribution < 1.29 is 14.3 Å². The highest BCUT2D eigenvalue weighted by molar-refractivity contribution is 6.27. The number of hydrogen-bond donors (Lipinski definition) is 1. The van der Waals surface area contributed by atoms with Crippen LogP contribution in [0.1, 0.15) is 37.0 Å². The van der Waals surface area contributed by atoms with Gasteiger partial charge in [0.1, 0.15) is 18.3 Å². The Bertz CT molecular complexity index is 1330. The average Bonchev–Trinajstić information content (AvgIpc) is 3.47. The second-order valence-electron chi connectivity index (χ2n) is 8.53. The van der Waals surface area contributed by atoms with E-state index in [9.17, 15) is 4.79 Å². The van der Waals surface area contributed by atoms with Crippen LogP contribution < -0.4 is 4.74 Å². The van der Waals surface area contributed by atoms with Crippen LogP contribution in [0.25, 0.3) is 27.8 Å². The van der Waals surface area contributed by atoms with Crippen molar-refractivity contribution in [3.63, 3.8) is 0 Å². The van der Waals surface area contributed by atoms with Crippen LogP contribution in [0.5, 0.6) is 5.75 Å². The summed E-state index contributed by atoms with van der Waals surface area (Å²) < 4.78 is 13.3.